The summed E-state index contributed by atoms with van der Waals surface area (Å²) in [6, 6.07) is 11.5. The normalized spacial score (nSPS) is 15.7. The van der Waals surface area contributed by atoms with Gasteiger partial charge >= 0.3 is 5.97 Å². The van der Waals surface area contributed by atoms with E-state index in [9.17, 15) is 13.2 Å². The molecule has 31 heavy (non-hydrogen) atoms. The van der Waals surface area contributed by atoms with Crippen LogP contribution in [-0.2, 0) is 14.8 Å². The van der Waals surface area contributed by atoms with Crippen molar-refractivity contribution in [1.29, 1.82) is 0 Å². The number of methoxy groups -OCH3 is 2. The summed E-state index contributed by atoms with van der Waals surface area (Å²) in [6.07, 6.45) is 1.04. The van der Waals surface area contributed by atoms with Gasteiger partial charge in [-0.2, -0.15) is 4.31 Å². The molecule has 4 rings (SSSR count). The van der Waals surface area contributed by atoms with E-state index in [4.69, 9.17) is 9.47 Å². The molecular weight excluding hydrogens is 440 g/mol. The van der Waals surface area contributed by atoms with Crippen LogP contribution in [-0.4, -0.2) is 57.1 Å². The van der Waals surface area contributed by atoms with E-state index < -0.39 is 16.0 Å². The van der Waals surface area contributed by atoms with Crippen molar-refractivity contribution in [3.8, 4) is 10.9 Å². The number of thiazole rings is 1. The highest BCUT2D eigenvalue weighted by atomic mass is 32.2. The van der Waals surface area contributed by atoms with Gasteiger partial charge in [-0.25, -0.2) is 18.2 Å². The second kappa shape index (κ2) is 8.81. The van der Waals surface area contributed by atoms with Crippen molar-refractivity contribution in [2.75, 3.05) is 27.3 Å². The highest BCUT2D eigenvalue weighted by Gasteiger charge is 2.30. The SMILES string of the molecule is COC(=O)c1ccc(S(=O)(=O)N2CCC(Oc3nc4cc(OC)ccc4s3)CC2)cc1. The van der Waals surface area contributed by atoms with Gasteiger partial charge < -0.3 is 14.2 Å². The zero-order chi connectivity index (χ0) is 22.0. The molecule has 2 heterocycles. The quantitative estimate of drug-likeness (QED) is 0.519. The molecule has 164 valence electrons. The van der Waals surface area contributed by atoms with E-state index >= 15 is 0 Å². The van der Waals surface area contributed by atoms with E-state index in [-0.39, 0.29) is 11.0 Å². The smallest absolute Gasteiger partial charge is 0.337 e. The van der Waals surface area contributed by atoms with Gasteiger partial charge in [-0.3, -0.25) is 0 Å². The molecule has 0 atom stereocenters. The molecule has 1 aliphatic rings. The lowest BCUT2D eigenvalue weighted by Gasteiger charge is -2.30. The third kappa shape index (κ3) is 4.51. The number of ether oxygens (including phenoxy) is 3. The summed E-state index contributed by atoms with van der Waals surface area (Å²) < 4.78 is 44.2. The van der Waals surface area contributed by atoms with Crippen LogP contribution >= 0.6 is 11.3 Å². The van der Waals surface area contributed by atoms with Gasteiger partial charge in [-0.1, -0.05) is 11.3 Å². The van der Waals surface area contributed by atoms with E-state index in [1.807, 2.05) is 18.2 Å². The zero-order valence-electron chi connectivity index (χ0n) is 17.1. The number of fused-ring (bicyclic) bond motifs is 1. The van der Waals surface area contributed by atoms with Crippen LogP contribution in [0.2, 0.25) is 0 Å². The Morgan fingerprint density at radius 1 is 1.10 bits per heavy atom. The van der Waals surface area contributed by atoms with E-state index in [1.165, 1.54) is 47.0 Å². The molecular formula is C21H22N2O6S2. The van der Waals surface area contributed by atoms with E-state index in [2.05, 4.69) is 9.72 Å². The minimum Gasteiger partial charge on any atom is -0.497 e. The molecule has 0 N–H and O–H groups in total. The second-order valence-electron chi connectivity index (χ2n) is 7.05. The van der Waals surface area contributed by atoms with Crippen molar-refractivity contribution in [1.82, 2.24) is 9.29 Å². The topological polar surface area (TPSA) is 95.0 Å². The summed E-state index contributed by atoms with van der Waals surface area (Å²) in [5.74, 6) is 0.234. The Bertz CT molecular complexity index is 1180. The van der Waals surface area contributed by atoms with Gasteiger partial charge in [0.2, 0.25) is 10.0 Å². The molecule has 0 unspecified atom stereocenters. The first-order valence-electron chi connectivity index (χ1n) is 9.70. The maximum atomic E-state index is 12.9. The molecule has 1 saturated heterocycles. The fourth-order valence-electron chi connectivity index (χ4n) is 3.43. The number of nitrogens with zero attached hydrogens (tertiary/aromatic N) is 2. The van der Waals surface area contributed by atoms with Gasteiger partial charge in [-0.05, 0) is 49.2 Å². The average Bonchev–Trinajstić information content (AvgIpc) is 3.20. The molecule has 1 aliphatic heterocycles. The molecule has 0 bridgehead atoms. The predicted octanol–water partition coefficient (Wildman–Crippen LogP) is 3.32. The first kappa shape index (κ1) is 21.5. The fraction of sp³-hybridized carbons (Fsp3) is 0.333. The van der Waals surface area contributed by atoms with Gasteiger partial charge in [0.1, 0.15) is 11.9 Å². The Morgan fingerprint density at radius 2 is 1.81 bits per heavy atom. The number of aromatic nitrogens is 1. The third-order valence-electron chi connectivity index (χ3n) is 5.16. The van der Waals surface area contributed by atoms with Gasteiger partial charge in [0.15, 0.2) is 0 Å². The molecule has 0 amide bonds. The summed E-state index contributed by atoms with van der Waals surface area (Å²) >= 11 is 1.46. The molecule has 10 heteroatoms. The summed E-state index contributed by atoms with van der Waals surface area (Å²) in [7, 11) is -0.743. The monoisotopic (exact) mass is 462 g/mol. The van der Waals surface area contributed by atoms with Crippen molar-refractivity contribution < 1.29 is 27.4 Å². The Kier molecular flexibility index (Phi) is 6.12. The fourth-order valence-corrected chi connectivity index (χ4v) is 5.76. The standard InChI is InChI=1S/C21H22N2O6S2/c1-27-16-5-8-19-18(13-16)22-21(30-19)29-15-9-11-23(12-10-15)31(25,26)17-6-3-14(4-7-17)20(24)28-2/h3-8,13,15H,9-12H2,1-2H3. The van der Waals surface area contributed by atoms with Crippen LogP contribution in [0.1, 0.15) is 23.2 Å². The van der Waals surface area contributed by atoms with Gasteiger partial charge in [-0.15, -0.1) is 0 Å². The average molecular weight is 463 g/mol. The Labute approximate surface area is 184 Å². The van der Waals surface area contributed by atoms with Crippen LogP contribution in [0.15, 0.2) is 47.4 Å². The Hall–Kier alpha value is -2.69. The molecule has 0 radical (unpaired) electrons. The summed E-state index contributed by atoms with van der Waals surface area (Å²) in [4.78, 5) is 16.2. The maximum absolute atomic E-state index is 12.9. The van der Waals surface area contributed by atoms with Crippen LogP contribution in [0.25, 0.3) is 10.2 Å². The first-order valence-corrected chi connectivity index (χ1v) is 12.0. The molecule has 1 fully saturated rings. The summed E-state index contributed by atoms with van der Waals surface area (Å²) in [5, 5.41) is 0.572. The largest absolute Gasteiger partial charge is 0.497 e. The van der Waals surface area contributed by atoms with Crippen LogP contribution in [0.4, 0.5) is 0 Å². The number of hydrogen-bond acceptors (Lipinski definition) is 8. The van der Waals surface area contributed by atoms with E-state index in [0.29, 0.717) is 36.7 Å². The Balaban J connectivity index is 1.39. The van der Waals surface area contributed by atoms with Crippen LogP contribution in [0.3, 0.4) is 0 Å². The van der Waals surface area contributed by atoms with Crippen LogP contribution in [0, 0.1) is 0 Å². The highest BCUT2D eigenvalue weighted by molar-refractivity contribution is 7.89. The molecule has 0 saturated carbocycles. The Morgan fingerprint density at radius 3 is 2.45 bits per heavy atom. The molecule has 8 nitrogen and oxygen atoms in total. The third-order valence-corrected chi connectivity index (χ3v) is 8.00. The van der Waals surface area contributed by atoms with Gasteiger partial charge in [0.25, 0.3) is 5.19 Å². The molecule has 3 aromatic rings. The van der Waals surface area contributed by atoms with Crippen molar-refractivity contribution >= 4 is 37.5 Å². The number of piperidine rings is 1. The first-order chi connectivity index (χ1) is 14.9. The number of carbonyl (C=O) groups excluding carboxylic acids is 1. The molecule has 1 aromatic heterocycles. The summed E-state index contributed by atoms with van der Waals surface area (Å²) in [5.41, 5.74) is 1.12. The molecule has 2 aromatic carbocycles. The lowest BCUT2D eigenvalue weighted by Crippen LogP contribution is -2.41. The van der Waals surface area contributed by atoms with Crippen molar-refractivity contribution in [2.45, 2.75) is 23.8 Å². The summed E-state index contributed by atoms with van der Waals surface area (Å²) in [6.45, 7) is 0.703. The lowest BCUT2D eigenvalue weighted by atomic mass is 10.1. The number of esters is 1. The minimum atomic E-state index is -3.64. The lowest BCUT2D eigenvalue weighted by molar-refractivity contribution is 0.0600. The second-order valence-corrected chi connectivity index (χ2v) is 9.98. The van der Waals surface area contributed by atoms with E-state index in [0.717, 1.165) is 16.0 Å². The van der Waals surface area contributed by atoms with E-state index in [1.54, 1.807) is 7.11 Å². The van der Waals surface area contributed by atoms with Gasteiger partial charge in [0, 0.05) is 19.2 Å². The van der Waals surface area contributed by atoms with Crippen LogP contribution < -0.4 is 9.47 Å². The number of benzene rings is 2. The zero-order valence-corrected chi connectivity index (χ0v) is 18.7. The van der Waals surface area contributed by atoms with Crippen molar-refractivity contribution in [3.05, 3.63) is 48.0 Å². The molecule has 0 spiro atoms. The molecule has 0 aliphatic carbocycles. The predicted molar refractivity (Wildman–Crippen MR) is 116 cm³/mol. The van der Waals surface area contributed by atoms with Crippen molar-refractivity contribution in [3.63, 3.8) is 0 Å². The van der Waals surface area contributed by atoms with Gasteiger partial charge in [0.05, 0.1) is 34.9 Å². The maximum Gasteiger partial charge on any atom is 0.337 e. The number of rotatable bonds is 6. The van der Waals surface area contributed by atoms with Crippen LogP contribution in [0.5, 0.6) is 10.9 Å². The number of sulfonamides is 1. The number of hydrogen-bond donors (Lipinski definition) is 0. The minimum absolute atomic E-state index is 0.101. The number of carbonyl (C=O) groups is 1. The van der Waals surface area contributed by atoms with Crippen molar-refractivity contribution in [2.24, 2.45) is 0 Å². The highest BCUT2D eigenvalue weighted by Crippen LogP contribution is 2.32.